The number of halogens is 1. The molecular weight excluding hydrogens is 529 g/mol. The number of hydrogen-bond acceptors (Lipinski definition) is 4. The van der Waals surface area contributed by atoms with E-state index in [0.717, 1.165) is 64.1 Å². The number of nitrogens with zero attached hydrogens (tertiary/aromatic N) is 3. The highest BCUT2D eigenvalue weighted by Gasteiger charge is 2.27. The molecule has 2 N–H and O–H groups in total. The standard InChI is InChI=1S/C21H41N5O3S.HI/c1-5-18(6-2)20(27)25-12-10-19(11-13-25)24-21(22-7-3)23-16-17-8-14-26(15-9-17)30(4,28)29;/h17-19H,5-16H2,1-4H3,(H2,22,23,24);1H. The Hall–Kier alpha value is -0.620. The van der Waals surface area contributed by atoms with E-state index in [1.54, 1.807) is 4.31 Å². The van der Waals surface area contributed by atoms with Crippen molar-refractivity contribution in [1.29, 1.82) is 0 Å². The number of piperidine rings is 2. The molecule has 0 unspecified atom stereocenters. The molecule has 0 aromatic carbocycles. The molecule has 0 aliphatic carbocycles. The molecule has 31 heavy (non-hydrogen) atoms. The van der Waals surface area contributed by atoms with Crippen molar-refractivity contribution in [2.24, 2.45) is 16.8 Å². The van der Waals surface area contributed by atoms with Gasteiger partial charge in [0.15, 0.2) is 5.96 Å². The molecule has 0 bridgehead atoms. The lowest BCUT2D eigenvalue weighted by Gasteiger charge is -2.35. The maximum Gasteiger partial charge on any atom is 0.225 e. The fourth-order valence-electron chi connectivity index (χ4n) is 4.30. The van der Waals surface area contributed by atoms with Gasteiger partial charge in [-0.05, 0) is 51.4 Å². The molecule has 0 saturated carbocycles. The average molecular weight is 572 g/mol. The van der Waals surface area contributed by atoms with Crippen LogP contribution in [0.1, 0.15) is 59.3 Å². The van der Waals surface area contributed by atoms with E-state index in [1.807, 2.05) is 4.90 Å². The Morgan fingerprint density at radius 2 is 1.61 bits per heavy atom. The van der Waals surface area contributed by atoms with Crippen molar-refractivity contribution in [3.8, 4) is 0 Å². The molecular formula is C21H42IN5O3S. The summed E-state index contributed by atoms with van der Waals surface area (Å²) in [6, 6.07) is 0.320. The summed E-state index contributed by atoms with van der Waals surface area (Å²) in [5.41, 5.74) is 0. The number of carbonyl (C=O) groups excluding carboxylic acids is 1. The van der Waals surface area contributed by atoms with Crippen LogP contribution in [0, 0.1) is 11.8 Å². The monoisotopic (exact) mass is 571 g/mol. The molecule has 0 radical (unpaired) electrons. The van der Waals surface area contributed by atoms with Gasteiger partial charge in [-0.15, -0.1) is 24.0 Å². The van der Waals surface area contributed by atoms with Gasteiger partial charge in [0.25, 0.3) is 0 Å². The Morgan fingerprint density at radius 1 is 1.03 bits per heavy atom. The second-order valence-corrected chi connectivity index (χ2v) is 10.6. The van der Waals surface area contributed by atoms with Crippen LogP contribution in [0.25, 0.3) is 0 Å². The summed E-state index contributed by atoms with van der Waals surface area (Å²) in [6.45, 7) is 10.5. The van der Waals surface area contributed by atoms with Gasteiger partial charge in [-0.3, -0.25) is 9.79 Å². The molecule has 2 fully saturated rings. The van der Waals surface area contributed by atoms with E-state index in [-0.39, 0.29) is 29.9 Å². The third-order valence-electron chi connectivity index (χ3n) is 6.38. The molecule has 2 aliphatic heterocycles. The third kappa shape index (κ3) is 9.03. The van der Waals surface area contributed by atoms with E-state index in [4.69, 9.17) is 4.99 Å². The fourth-order valence-corrected chi connectivity index (χ4v) is 5.17. The molecule has 2 heterocycles. The van der Waals surface area contributed by atoms with Gasteiger partial charge in [0.1, 0.15) is 0 Å². The molecule has 8 nitrogen and oxygen atoms in total. The van der Waals surface area contributed by atoms with Gasteiger partial charge in [-0.1, -0.05) is 13.8 Å². The van der Waals surface area contributed by atoms with Gasteiger partial charge in [0.2, 0.25) is 15.9 Å². The summed E-state index contributed by atoms with van der Waals surface area (Å²) in [4.78, 5) is 19.4. The second-order valence-electron chi connectivity index (χ2n) is 8.58. The third-order valence-corrected chi connectivity index (χ3v) is 7.68. The zero-order chi connectivity index (χ0) is 22.1. The van der Waals surface area contributed by atoms with Gasteiger partial charge >= 0.3 is 0 Å². The van der Waals surface area contributed by atoms with Crippen molar-refractivity contribution in [1.82, 2.24) is 19.8 Å². The number of rotatable bonds is 8. The highest BCUT2D eigenvalue weighted by molar-refractivity contribution is 14.0. The normalized spacial score (nSPS) is 19.9. The molecule has 0 atom stereocenters. The highest BCUT2D eigenvalue weighted by atomic mass is 127. The molecule has 2 saturated heterocycles. The Bertz CT molecular complexity index is 669. The number of guanidine groups is 1. The first-order valence-corrected chi connectivity index (χ1v) is 13.4. The minimum absolute atomic E-state index is 0. The quantitative estimate of drug-likeness (QED) is 0.265. The van der Waals surface area contributed by atoms with Crippen LogP contribution in [0.15, 0.2) is 4.99 Å². The number of amides is 1. The van der Waals surface area contributed by atoms with Crippen LogP contribution < -0.4 is 10.6 Å². The first-order chi connectivity index (χ1) is 14.3. The van der Waals surface area contributed by atoms with E-state index in [0.29, 0.717) is 37.5 Å². The molecule has 2 aliphatic rings. The minimum atomic E-state index is -3.08. The lowest BCUT2D eigenvalue weighted by molar-refractivity contribution is -0.136. The van der Waals surface area contributed by atoms with Crippen LogP contribution in [0.2, 0.25) is 0 Å². The number of hydrogen-bond donors (Lipinski definition) is 2. The van der Waals surface area contributed by atoms with E-state index >= 15 is 0 Å². The van der Waals surface area contributed by atoms with E-state index in [2.05, 4.69) is 31.4 Å². The van der Waals surface area contributed by atoms with Gasteiger partial charge in [0, 0.05) is 51.2 Å². The van der Waals surface area contributed by atoms with Crippen LogP contribution in [0.4, 0.5) is 0 Å². The van der Waals surface area contributed by atoms with Gasteiger partial charge in [0.05, 0.1) is 6.26 Å². The average Bonchev–Trinajstić information content (AvgIpc) is 2.73. The maximum atomic E-state index is 12.6. The molecule has 0 spiro atoms. The summed E-state index contributed by atoms with van der Waals surface area (Å²) in [5.74, 6) is 1.70. The van der Waals surface area contributed by atoms with E-state index in [9.17, 15) is 13.2 Å². The summed E-state index contributed by atoms with van der Waals surface area (Å²) in [6.07, 6.45) is 6.68. The van der Waals surface area contributed by atoms with Crippen molar-refractivity contribution in [3.63, 3.8) is 0 Å². The summed E-state index contributed by atoms with van der Waals surface area (Å²) in [5, 5.41) is 6.87. The van der Waals surface area contributed by atoms with E-state index < -0.39 is 10.0 Å². The zero-order valence-electron chi connectivity index (χ0n) is 19.6. The predicted molar refractivity (Wildman–Crippen MR) is 137 cm³/mol. The van der Waals surface area contributed by atoms with Crippen LogP contribution >= 0.6 is 24.0 Å². The first kappa shape index (κ1) is 28.4. The Kier molecular flexibility index (Phi) is 12.7. The van der Waals surface area contributed by atoms with Crippen molar-refractivity contribution in [2.45, 2.75) is 65.3 Å². The zero-order valence-corrected chi connectivity index (χ0v) is 22.7. The molecule has 182 valence electrons. The molecule has 0 aromatic heterocycles. The minimum Gasteiger partial charge on any atom is -0.357 e. The number of nitrogens with one attached hydrogen (secondary N) is 2. The number of carbonyl (C=O) groups is 1. The van der Waals surface area contributed by atoms with Crippen molar-refractivity contribution >= 4 is 45.9 Å². The van der Waals surface area contributed by atoms with Crippen LogP contribution in [0.3, 0.4) is 0 Å². The SMILES string of the molecule is CCNC(=NCC1CCN(S(C)(=O)=O)CC1)NC1CCN(C(=O)C(CC)CC)CC1.I. The topological polar surface area (TPSA) is 94.1 Å². The largest absolute Gasteiger partial charge is 0.357 e. The molecule has 0 aromatic rings. The highest BCUT2D eigenvalue weighted by Crippen LogP contribution is 2.20. The van der Waals surface area contributed by atoms with E-state index in [1.165, 1.54) is 6.26 Å². The second kappa shape index (κ2) is 13.8. The van der Waals surface area contributed by atoms with Crippen LogP contribution in [-0.4, -0.2) is 81.1 Å². The van der Waals surface area contributed by atoms with Crippen molar-refractivity contribution in [2.75, 3.05) is 45.5 Å². The molecule has 2 rings (SSSR count). The van der Waals surface area contributed by atoms with Gasteiger partial charge < -0.3 is 15.5 Å². The van der Waals surface area contributed by atoms with Gasteiger partial charge in [-0.25, -0.2) is 12.7 Å². The van der Waals surface area contributed by atoms with Crippen LogP contribution in [-0.2, 0) is 14.8 Å². The Labute approximate surface area is 206 Å². The predicted octanol–water partition coefficient (Wildman–Crippen LogP) is 2.26. The molecule has 1 amide bonds. The first-order valence-electron chi connectivity index (χ1n) is 11.6. The summed E-state index contributed by atoms with van der Waals surface area (Å²) < 4.78 is 24.9. The maximum absolute atomic E-state index is 12.6. The van der Waals surface area contributed by atoms with Crippen molar-refractivity contribution in [3.05, 3.63) is 0 Å². The lowest BCUT2D eigenvalue weighted by Crippen LogP contribution is -2.50. The number of likely N-dealkylation sites (tertiary alicyclic amines) is 1. The Balaban J connectivity index is 0.00000480. The summed E-state index contributed by atoms with van der Waals surface area (Å²) >= 11 is 0. The smallest absolute Gasteiger partial charge is 0.225 e. The number of sulfonamides is 1. The van der Waals surface area contributed by atoms with Crippen LogP contribution in [0.5, 0.6) is 0 Å². The van der Waals surface area contributed by atoms with Crippen molar-refractivity contribution < 1.29 is 13.2 Å². The molecule has 10 heteroatoms. The lowest BCUT2D eigenvalue weighted by atomic mass is 9.98. The number of aliphatic imine (C=N–C) groups is 1. The fraction of sp³-hybridized carbons (Fsp3) is 0.905. The Morgan fingerprint density at radius 3 is 2.10 bits per heavy atom. The van der Waals surface area contributed by atoms with Gasteiger partial charge in [-0.2, -0.15) is 0 Å². The summed E-state index contributed by atoms with van der Waals surface area (Å²) in [7, 11) is -3.08.